The monoisotopic (exact) mass is 688 g/mol. The maximum Gasteiger partial charge on any atom is 0.304 e. The summed E-state index contributed by atoms with van der Waals surface area (Å²) in [6, 6.07) is 11.4. The lowest BCUT2D eigenvalue weighted by Crippen LogP contribution is -2.55. The molecular weight excluding hydrogens is 648 g/mol. The van der Waals surface area contributed by atoms with Crippen molar-refractivity contribution >= 4 is 52.6 Å². The molecule has 6 rings (SSSR count). The predicted octanol–water partition coefficient (Wildman–Crippen LogP) is 2.24. The van der Waals surface area contributed by atoms with E-state index in [-0.39, 0.29) is 61.7 Å². The van der Waals surface area contributed by atoms with E-state index in [0.29, 0.717) is 29.2 Å². The molecule has 14 nitrogen and oxygen atoms in total. The number of amides is 4. The highest BCUT2D eigenvalue weighted by molar-refractivity contribution is 6.08. The number of fused-ring (bicyclic) bond motifs is 1. The topological polar surface area (TPSA) is 174 Å². The minimum absolute atomic E-state index is 0.00789. The maximum atomic E-state index is 14.3. The predicted molar refractivity (Wildman–Crippen MR) is 178 cm³/mol. The van der Waals surface area contributed by atoms with Crippen molar-refractivity contribution in [1.29, 1.82) is 0 Å². The van der Waals surface area contributed by atoms with Gasteiger partial charge in [0.15, 0.2) is 18.1 Å². The van der Waals surface area contributed by atoms with Crippen molar-refractivity contribution in [3.8, 4) is 0 Å². The molecule has 14 heteroatoms. The second kappa shape index (κ2) is 13.7. The molecule has 0 saturated carbocycles. The number of ether oxygens (including phenoxy) is 2. The summed E-state index contributed by atoms with van der Waals surface area (Å²) in [5, 5.41) is 21.9. The summed E-state index contributed by atoms with van der Waals surface area (Å²) in [7, 11) is 0. The molecular formula is C36H40N4O10. The van der Waals surface area contributed by atoms with Crippen LogP contribution in [0.1, 0.15) is 64.0 Å². The number of carbonyl (C=O) groups excluding carboxylic acids is 6. The van der Waals surface area contributed by atoms with Crippen LogP contribution in [-0.4, -0.2) is 82.3 Å². The molecule has 0 aromatic heterocycles. The van der Waals surface area contributed by atoms with Crippen molar-refractivity contribution in [2.45, 2.75) is 83.5 Å². The smallest absolute Gasteiger partial charge is 0.304 e. The molecule has 0 bridgehead atoms. The number of anilines is 3. The number of hydrogen-bond donors (Lipinski definition) is 2. The zero-order valence-corrected chi connectivity index (χ0v) is 28.1. The molecule has 3 saturated heterocycles. The van der Waals surface area contributed by atoms with E-state index in [1.54, 1.807) is 66.4 Å². The quantitative estimate of drug-likeness (QED) is 0.203. The van der Waals surface area contributed by atoms with Crippen molar-refractivity contribution in [2.75, 3.05) is 27.9 Å². The number of aliphatic hydroxyl groups excluding tert-OH is 1. The van der Waals surface area contributed by atoms with E-state index in [0.717, 1.165) is 12.8 Å². The van der Waals surface area contributed by atoms with Crippen LogP contribution in [-0.2, 0) is 50.4 Å². The molecule has 2 aromatic rings. The number of likely N-dealkylation sites (tertiary alicyclic amines) is 1. The van der Waals surface area contributed by atoms with Gasteiger partial charge in [-0.2, -0.15) is 0 Å². The Kier molecular flexibility index (Phi) is 9.51. The fourth-order valence-corrected chi connectivity index (χ4v) is 7.14. The number of nitrogens with zero attached hydrogens (tertiary/aromatic N) is 4. The summed E-state index contributed by atoms with van der Waals surface area (Å²) in [6.07, 6.45) is 3.41. The Labute approximate surface area is 288 Å². The number of esters is 2. The Morgan fingerprint density at radius 3 is 2.12 bits per heavy atom. The fourth-order valence-electron chi connectivity index (χ4n) is 7.14. The van der Waals surface area contributed by atoms with E-state index >= 15 is 0 Å². The highest BCUT2D eigenvalue weighted by atomic mass is 16.6. The third-order valence-corrected chi connectivity index (χ3v) is 9.79. The van der Waals surface area contributed by atoms with Gasteiger partial charge < -0.3 is 29.5 Å². The molecule has 4 heterocycles. The van der Waals surface area contributed by atoms with Crippen LogP contribution in [0.3, 0.4) is 0 Å². The molecule has 0 radical (unpaired) electrons. The molecule has 4 aliphatic rings. The molecule has 3 fully saturated rings. The van der Waals surface area contributed by atoms with Crippen LogP contribution in [0.25, 0.3) is 0 Å². The van der Waals surface area contributed by atoms with Gasteiger partial charge in [0, 0.05) is 49.7 Å². The van der Waals surface area contributed by atoms with Crippen LogP contribution in [0.15, 0.2) is 54.6 Å². The van der Waals surface area contributed by atoms with Crippen LogP contribution in [0, 0.1) is 5.92 Å². The molecule has 0 aliphatic carbocycles. The first kappa shape index (κ1) is 34.8. The molecule has 2 N–H and O–H groups in total. The molecule has 4 aliphatic heterocycles. The van der Waals surface area contributed by atoms with Crippen LogP contribution in [0.4, 0.5) is 17.1 Å². The van der Waals surface area contributed by atoms with Crippen molar-refractivity contribution < 1.29 is 48.5 Å². The third kappa shape index (κ3) is 6.24. The highest BCUT2D eigenvalue weighted by Crippen LogP contribution is 2.48. The summed E-state index contributed by atoms with van der Waals surface area (Å²) >= 11 is 0. The normalized spacial score (nSPS) is 25.1. The zero-order chi connectivity index (χ0) is 35.9. The molecule has 5 atom stereocenters. The van der Waals surface area contributed by atoms with Gasteiger partial charge in [-0.25, -0.2) is 0 Å². The third-order valence-electron chi connectivity index (χ3n) is 9.79. The maximum absolute atomic E-state index is 14.3. The van der Waals surface area contributed by atoms with Gasteiger partial charge in [0.2, 0.25) is 17.7 Å². The van der Waals surface area contributed by atoms with E-state index < -0.39 is 41.8 Å². The summed E-state index contributed by atoms with van der Waals surface area (Å²) in [5.41, 5.74) is 0.133. The van der Waals surface area contributed by atoms with Gasteiger partial charge >= 0.3 is 11.9 Å². The highest BCUT2D eigenvalue weighted by Gasteiger charge is 2.53. The lowest BCUT2D eigenvalue weighted by molar-refractivity contribution is -0.155. The second-order valence-corrected chi connectivity index (χ2v) is 13.1. The largest absolute Gasteiger partial charge is 0.441 e. The SMILES string of the molecule is CC(=O)OC1CC(=O)N1c1ccc(CN2C(=O)[C@@](O)([C@@H](C)/C=C/CC(=O)N3CCC[C@H]3CO)c3cc(N4C(=O)CC4OC(C)=O)ccc32)cc1. The number of benzene rings is 2. The van der Waals surface area contributed by atoms with Crippen LogP contribution >= 0.6 is 0 Å². The van der Waals surface area contributed by atoms with Crippen molar-refractivity contribution in [1.82, 2.24) is 4.90 Å². The van der Waals surface area contributed by atoms with E-state index in [9.17, 15) is 39.0 Å². The average molecular weight is 689 g/mol. The minimum atomic E-state index is -2.09. The number of β-lactam (4-membered cyclic amide) rings is 2. The van der Waals surface area contributed by atoms with Gasteiger partial charge in [0.1, 0.15) is 0 Å². The summed E-state index contributed by atoms with van der Waals surface area (Å²) in [4.78, 5) is 80.9. The summed E-state index contributed by atoms with van der Waals surface area (Å²) in [5.74, 6) is -3.11. The minimum Gasteiger partial charge on any atom is -0.441 e. The number of rotatable bonds is 11. The summed E-state index contributed by atoms with van der Waals surface area (Å²) < 4.78 is 10.5. The Bertz CT molecular complexity index is 1760. The fraction of sp³-hybridized carbons (Fsp3) is 0.444. The molecule has 2 unspecified atom stereocenters. The molecule has 264 valence electrons. The van der Waals surface area contributed by atoms with E-state index in [1.807, 2.05) is 0 Å². The Balaban J connectivity index is 1.27. The Morgan fingerprint density at radius 1 is 0.940 bits per heavy atom. The van der Waals surface area contributed by atoms with Crippen molar-refractivity contribution in [3.63, 3.8) is 0 Å². The standard InChI is InChI=1S/C36H40N4O10/c1-21(6-4-8-30(44)37-15-5-7-27(37)20-41)36(48)28-16-26(40-32(46)18-34(40)50-23(3)43)13-14-29(28)38(35(36)47)19-24-9-11-25(12-10-24)39-31(45)17-33(39)49-22(2)42/h4,6,9-14,16,21,27,33-34,41,48H,5,7-8,15,17-20H2,1-3H3/b6-4+/t21-,27-,33?,34?,36+/m0/s1. The molecule has 4 amide bonds. The lowest BCUT2D eigenvalue weighted by atomic mass is 9.82. The first-order valence-corrected chi connectivity index (χ1v) is 16.7. The summed E-state index contributed by atoms with van der Waals surface area (Å²) in [6.45, 7) is 4.70. The molecule has 2 aromatic carbocycles. The van der Waals surface area contributed by atoms with E-state index in [2.05, 4.69) is 0 Å². The lowest BCUT2D eigenvalue weighted by Gasteiger charge is -2.39. The number of hydrogen-bond acceptors (Lipinski definition) is 10. The average Bonchev–Trinajstić information content (AvgIpc) is 3.62. The molecule has 50 heavy (non-hydrogen) atoms. The van der Waals surface area contributed by atoms with Crippen LogP contribution < -0.4 is 14.7 Å². The number of carbonyl (C=O) groups is 6. The van der Waals surface area contributed by atoms with Gasteiger partial charge in [0.05, 0.1) is 37.7 Å². The van der Waals surface area contributed by atoms with E-state index in [1.165, 1.54) is 28.5 Å². The van der Waals surface area contributed by atoms with Crippen LogP contribution in [0.2, 0.25) is 0 Å². The van der Waals surface area contributed by atoms with Gasteiger partial charge in [-0.3, -0.25) is 38.6 Å². The van der Waals surface area contributed by atoms with Crippen molar-refractivity contribution in [3.05, 3.63) is 65.7 Å². The first-order chi connectivity index (χ1) is 23.8. The van der Waals surface area contributed by atoms with Gasteiger partial charge in [0.25, 0.3) is 5.91 Å². The van der Waals surface area contributed by atoms with E-state index in [4.69, 9.17) is 9.47 Å². The van der Waals surface area contributed by atoms with Gasteiger partial charge in [-0.1, -0.05) is 31.2 Å². The van der Waals surface area contributed by atoms with Crippen molar-refractivity contribution in [2.24, 2.45) is 5.92 Å². The van der Waals surface area contributed by atoms with Crippen LogP contribution in [0.5, 0.6) is 0 Å². The van der Waals surface area contributed by atoms with Gasteiger partial charge in [-0.15, -0.1) is 0 Å². The number of aliphatic hydroxyl groups is 2. The van der Waals surface area contributed by atoms with Gasteiger partial charge in [-0.05, 0) is 48.7 Å². The first-order valence-electron chi connectivity index (χ1n) is 16.7. The Hall–Kier alpha value is -5.08. The molecule has 0 spiro atoms. The Morgan fingerprint density at radius 2 is 1.54 bits per heavy atom. The second-order valence-electron chi connectivity index (χ2n) is 13.1. The zero-order valence-electron chi connectivity index (χ0n) is 28.1.